The normalized spacial score (nSPS) is 11.3. The van der Waals surface area contributed by atoms with Crippen LogP contribution in [0.15, 0.2) is 35.2 Å². The van der Waals surface area contributed by atoms with E-state index in [1.54, 1.807) is 17.6 Å². The second-order valence-electron chi connectivity index (χ2n) is 3.97. The lowest BCUT2D eigenvalue weighted by atomic mass is 10.0. The van der Waals surface area contributed by atoms with E-state index < -0.39 is 24.2 Å². The molecule has 0 fully saturated rings. The van der Waals surface area contributed by atoms with Gasteiger partial charge in [-0.3, -0.25) is 9.59 Å². The number of thiazole rings is 1. The molecule has 0 amide bonds. The van der Waals surface area contributed by atoms with Gasteiger partial charge in [0, 0.05) is 16.5 Å². The average molecular weight is 299 g/mol. The SMILES string of the molecule is O=C(CC(=O)C(F)(F)F)c1ccc(-c2cscn2)cc1. The molecule has 3 nitrogen and oxygen atoms in total. The minimum absolute atomic E-state index is 0.0709. The third kappa shape index (κ3) is 3.30. The van der Waals surface area contributed by atoms with E-state index in [-0.39, 0.29) is 5.56 Å². The van der Waals surface area contributed by atoms with Crippen molar-refractivity contribution in [3.63, 3.8) is 0 Å². The first-order valence-corrected chi connectivity index (χ1v) is 6.44. The van der Waals surface area contributed by atoms with Gasteiger partial charge in [0.15, 0.2) is 5.78 Å². The van der Waals surface area contributed by atoms with Crippen molar-refractivity contribution >= 4 is 22.9 Å². The molecule has 104 valence electrons. The Bertz CT molecular complexity index is 618. The monoisotopic (exact) mass is 299 g/mol. The molecule has 0 atom stereocenters. The van der Waals surface area contributed by atoms with Gasteiger partial charge in [0.1, 0.15) is 0 Å². The summed E-state index contributed by atoms with van der Waals surface area (Å²) in [5, 5.41) is 1.81. The Hall–Kier alpha value is -2.02. The summed E-state index contributed by atoms with van der Waals surface area (Å²) in [7, 11) is 0. The van der Waals surface area contributed by atoms with Crippen LogP contribution < -0.4 is 0 Å². The molecule has 0 N–H and O–H groups in total. The maximum atomic E-state index is 12.1. The van der Waals surface area contributed by atoms with Crippen molar-refractivity contribution in [2.24, 2.45) is 0 Å². The Morgan fingerprint density at radius 3 is 2.30 bits per heavy atom. The smallest absolute Gasteiger partial charge is 0.294 e. The largest absolute Gasteiger partial charge is 0.450 e. The van der Waals surface area contributed by atoms with Gasteiger partial charge in [-0.05, 0) is 0 Å². The highest BCUT2D eigenvalue weighted by molar-refractivity contribution is 7.07. The second kappa shape index (κ2) is 5.54. The van der Waals surface area contributed by atoms with Gasteiger partial charge in [0.05, 0.1) is 17.6 Å². The number of aromatic nitrogens is 1. The molecule has 0 saturated carbocycles. The zero-order valence-electron chi connectivity index (χ0n) is 9.98. The zero-order chi connectivity index (χ0) is 14.8. The first-order chi connectivity index (χ1) is 9.38. The van der Waals surface area contributed by atoms with Crippen molar-refractivity contribution in [3.05, 3.63) is 40.7 Å². The Labute approximate surface area is 116 Å². The van der Waals surface area contributed by atoms with Gasteiger partial charge in [-0.15, -0.1) is 11.3 Å². The molecule has 0 aliphatic rings. The van der Waals surface area contributed by atoms with E-state index in [1.807, 2.05) is 5.38 Å². The molecule has 0 bridgehead atoms. The fourth-order valence-corrected chi connectivity index (χ4v) is 2.09. The van der Waals surface area contributed by atoms with Crippen LogP contribution in [0.1, 0.15) is 16.8 Å². The maximum Gasteiger partial charge on any atom is 0.450 e. The van der Waals surface area contributed by atoms with Crippen molar-refractivity contribution in [1.29, 1.82) is 0 Å². The van der Waals surface area contributed by atoms with Gasteiger partial charge >= 0.3 is 6.18 Å². The number of hydrogen-bond acceptors (Lipinski definition) is 4. The number of benzene rings is 1. The van der Waals surface area contributed by atoms with Crippen LogP contribution in [-0.2, 0) is 4.79 Å². The van der Waals surface area contributed by atoms with Gasteiger partial charge in [0.2, 0.25) is 5.78 Å². The number of Topliss-reactive ketones (excluding diaryl/α,β-unsaturated/α-hetero) is 2. The molecular weight excluding hydrogens is 291 g/mol. The van der Waals surface area contributed by atoms with Crippen molar-refractivity contribution in [2.45, 2.75) is 12.6 Å². The topological polar surface area (TPSA) is 47.0 Å². The highest BCUT2D eigenvalue weighted by Gasteiger charge is 2.39. The minimum atomic E-state index is -4.98. The number of ketones is 2. The van der Waals surface area contributed by atoms with Crippen LogP contribution in [0.3, 0.4) is 0 Å². The summed E-state index contributed by atoms with van der Waals surface area (Å²) < 4.78 is 36.2. The quantitative estimate of drug-likeness (QED) is 0.641. The number of rotatable bonds is 4. The lowest BCUT2D eigenvalue weighted by molar-refractivity contribution is -0.170. The predicted molar refractivity (Wildman–Crippen MR) is 67.6 cm³/mol. The average Bonchev–Trinajstić information content (AvgIpc) is 2.91. The summed E-state index contributed by atoms with van der Waals surface area (Å²) in [6, 6.07) is 5.95. The van der Waals surface area contributed by atoms with E-state index in [1.165, 1.54) is 23.5 Å². The van der Waals surface area contributed by atoms with Crippen LogP contribution in [0.5, 0.6) is 0 Å². The Balaban J connectivity index is 2.10. The first-order valence-electron chi connectivity index (χ1n) is 5.50. The molecule has 2 aromatic rings. The maximum absolute atomic E-state index is 12.1. The van der Waals surface area contributed by atoms with E-state index in [4.69, 9.17) is 0 Å². The van der Waals surface area contributed by atoms with Crippen LogP contribution in [0.25, 0.3) is 11.3 Å². The number of hydrogen-bond donors (Lipinski definition) is 0. The summed E-state index contributed by atoms with van der Waals surface area (Å²) in [5.41, 5.74) is 3.20. The lowest BCUT2D eigenvalue weighted by Crippen LogP contribution is -2.25. The highest BCUT2D eigenvalue weighted by atomic mass is 32.1. The summed E-state index contributed by atoms with van der Waals surface area (Å²) in [4.78, 5) is 26.4. The highest BCUT2D eigenvalue weighted by Crippen LogP contribution is 2.22. The van der Waals surface area contributed by atoms with Crippen LogP contribution in [0.4, 0.5) is 13.2 Å². The van der Waals surface area contributed by atoms with Crippen molar-refractivity contribution < 1.29 is 22.8 Å². The molecule has 1 aromatic heterocycles. The van der Waals surface area contributed by atoms with Crippen molar-refractivity contribution in [3.8, 4) is 11.3 Å². The van der Waals surface area contributed by atoms with E-state index in [9.17, 15) is 22.8 Å². The van der Waals surface area contributed by atoms with Crippen LogP contribution >= 0.6 is 11.3 Å². The molecule has 0 unspecified atom stereocenters. The van der Waals surface area contributed by atoms with E-state index in [2.05, 4.69) is 4.98 Å². The number of halogens is 3. The molecule has 0 aliphatic carbocycles. The van der Waals surface area contributed by atoms with Crippen LogP contribution in [-0.4, -0.2) is 22.7 Å². The number of alkyl halides is 3. The fourth-order valence-electron chi connectivity index (χ4n) is 1.53. The zero-order valence-corrected chi connectivity index (χ0v) is 10.8. The molecular formula is C13H8F3NO2S. The number of carbonyl (C=O) groups excluding carboxylic acids is 2. The third-order valence-corrected chi connectivity index (χ3v) is 3.16. The predicted octanol–water partition coefficient (Wildman–Crippen LogP) is 3.51. The molecule has 7 heteroatoms. The third-order valence-electron chi connectivity index (χ3n) is 2.57. The van der Waals surface area contributed by atoms with Crippen molar-refractivity contribution in [2.75, 3.05) is 0 Å². The molecule has 0 spiro atoms. The standard InChI is InChI=1S/C13H8F3NO2S/c14-13(15,16)12(19)5-11(18)9-3-1-8(2-4-9)10-6-20-7-17-10/h1-4,6-7H,5H2. The van der Waals surface area contributed by atoms with Crippen LogP contribution in [0.2, 0.25) is 0 Å². The molecule has 1 aromatic carbocycles. The first kappa shape index (κ1) is 14.4. The number of carbonyl (C=O) groups is 2. The van der Waals surface area contributed by atoms with E-state index in [0.717, 1.165) is 11.3 Å². The molecule has 2 rings (SSSR count). The summed E-state index contributed by atoms with van der Waals surface area (Å²) >= 11 is 1.41. The minimum Gasteiger partial charge on any atom is -0.294 e. The van der Waals surface area contributed by atoms with Gasteiger partial charge in [0.25, 0.3) is 0 Å². The molecule has 1 heterocycles. The Morgan fingerprint density at radius 2 is 1.80 bits per heavy atom. The van der Waals surface area contributed by atoms with E-state index in [0.29, 0.717) is 0 Å². The molecule has 0 aliphatic heterocycles. The summed E-state index contributed by atoms with van der Waals surface area (Å²) in [5.74, 6) is -2.89. The Kier molecular flexibility index (Phi) is 3.99. The van der Waals surface area contributed by atoms with Gasteiger partial charge in [-0.1, -0.05) is 24.3 Å². The molecule has 20 heavy (non-hydrogen) atoms. The van der Waals surface area contributed by atoms with Gasteiger partial charge in [-0.25, -0.2) is 4.98 Å². The fraction of sp³-hybridized carbons (Fsp3) is 0.154. The van der Waals surface area contributed by atoms with Gasteiger partial charge < -0.3 is 0 Å². The van der Waals surface area contributed by atoms with Crippen LogP contribution in [0, 0.1) is 0 Å². The molecule has 0 saturated heterocycles. The second-order valence-corrected chi connectivity index (χ2v) is 4.69. The Morgan fingerprint density at radius 1 is 1.15 bits per heavy atom. The van der Waals surface area contributed by atoms with Gasteiger partial charge in [-0.2, -0.15) is 13.2 Å². The summed E-state index contributed by atoms with van der Waals surface area (Å²) in [6.07, 6.45) is -6.14. The molecule has 0 radical (unpaired) electrons. The summed E-state index contributed by atoms with van der Waals surface area (Å²) in [6.45, 7) is 0. The lowest BCUT2D eigenvalue weighted by Gasteiger charge is -2.05. The van der Waals surface area contributed by atoms with E-state index >= 15 is 0 Å². The number of nitrogens with zero attached hydrogens (tertiary/aromatic N) is 1. The van der Waals surface area contributed by atoms with Crippen molar-refractivity contribution in [1.82, 2.24) is 4.98 Å².